The van der Waals surface area contributed by atoms with Gasteiger partial charge >= 0.3 is 0 Å². The summed E-state index contributed by atoms with van der Waals surface area (Å²) in [4.78, 5) is 12.6. The van der Waals surface area contributed by atoms with Crippen LogP contribution >= 0.6 is 11.6 Å². The molecule has 188 valence electrons. The molecule has 2 atom stereocenters. The van der Waals surface area contributed by atoms with Gasteiger partial charge < -0.3 is 14.2 Å². The van der Waals surface area contributed by atoms with Crippen molar-refractivity contribution in [1.82, 2.24) is 9.29 Å². The maximum atomic E-state index is 13.8. The Morgan fingerprint density at radius 2 is 1.66 bits per heavy atom. The predicted molar refractivity (Wildman–Crippen MR) is 142 cm³/mol. The Morgan fingerprint density at radius 3 is 2.23 bits per heavy atom. The van der Waals surface area contributed by atoms with Gasteiger partial charge in [0.25, 0.3) is 5.56 Å². The molecule has 0 radical (unpaired) electrons. The second-order valence-electron chi connectivity index (χ2n) is 10.3. The van der Waals surface area contributed by atoms with Crippen molar-refractivity contribution in [2.24, 2.45) is 7.05 Å². The highest BCUT2D eigenvalue weighted by Gasteiger charge is 2.30. The van der Waals surface area contributed by atoms with Crippen LogP contribution in [0.1, 0.15) is 58.7 Å². The zero-order chi connectivity index (χ0) is 26.3. The third-order valence-electron chi connectivity index (χ3n) is 5.80. The molecule has 3 aromatic rings. The summed E-state index contributed by atoms with van der Waals surface area (Å²) in [6.45, 7) is 10.8. The standard InChI is InChI=1S/C27H32ClFN2O3S/c1-16(30-35(34)26(2,3)4)21-14-25(32)31(7)15-23(21)22-12-17(27(5,6)33)8-10-19(22)20-11-9-18(29)13-24(20)28/h8-16,30,33H,1-7H3. The van der Waals surface area contributed by atoms with Crippen molar-refractivity contribution in [3.63, 3.8) is 0 Å². The largest absolute Gasteiger partial charge is 0.598 e. The van der Waals surface area contributed by atoms with E-state index in [-0.39, 0.29) is 10.6 Å². The lowest BCUT2D eigenvalue weighted by atomic mass is 9.86. The number of aromatic nitrogens is 1. The number of pyridine rings is 1. The number of hydrogen-bond acceptors (Lipinski definition) is 4. The lowest BCUT2D eigenvalue weighted by Gasteiger charge is -2.28. The zero-order valence-electron chi connectivity index (χ0n) is 21.1. The van der Waals surface area contributed by atoms with Gasteiger partial charge in [-0.1, -0.05) is 23.7 Å². The van der Waals surface area contributed by atoms with E-state index in [0.29, 0.717) is 33.4 Å². The van der Waals surface area contributed by atoms with Crippen LogP contribution in [0.15, 0.2) is 53.5 Å². The minimum atomic E-state index is -1.37. The van der Waals surface area contributed by atoms with Crippen molar-refractivity contribution >= 4 is 23.0 Å². The predicted octanol–water partition coefficient (Wildman–Crippen LogP) is 5.85. The van der Waals surface area contributed by atoms with Crippen LogP contribution in [-0.2, 0) is 24.0 Å². The first kappa shape index (κ1) is 27.4. The van der Waals surface area contributed by atoms with Crippen molar-refractivity contribution in [2.75, 3.05) is 0 Å². The van der Waals surface area contributed by atoms with Crippen LogP contribution < -0.4 is 10.3 Å². The number of aryl methyl sites for hydroxylation is 1. The lowest BCUT2D eigenvalue weighted by molar-refractivity contribution is 0.0786. The van der Waals surface area contributed by atoms with Crippen LogP contribution in [0.25, 0.3) is 22.3 Å². The van der Waals surface area contributed by atoms with Gasteiger partial charge in [-0.25, -0.2) is 4.39 Å². The monoisotopic (exact) mass is 518 g/mol. The number of nitrogens with zero attached hydrogens (tertiary/aromatic N) is 1. The number of hydrogen-bond donors (Lipinski definition) is 2. The maximum absolute atomic E-state index is 13.8. The van der Waals surface area contributed by atoms with E-state index in [1.54, 1.807) is 39.2 Å². The molecule has 0 saturated carbocycles. The molecular formula is C27H32ClFN2O3S. The molecule has 0 bridgehead atoms. The summed E-state index contributed by atoms with van der Waals surface area (Å²) < 4.78 is 30.7. The number of aliphatic hydroxyl groups is 1. The van der Waals surface area contributed by atoms with Crippen LogP contribution in [-0.4, -0.2) is 19.0 Å². The number of nitrogens with one attached hydrogen (secondary N) is 1. The molecule has 35 heavy (non-hydrogen) atoms. The van der Waals surface area contributed by atoms with Gasteiger partial charge in [0.05, 0.1) is 16.7 Å². The van der Waals surface area contributed by atoms with E-state index in [1.165, 1.54) is 22.8 Å². The first-order chi connectivity index (χ1) is 16.1. The molecule has 0 amide bonds. The zero-order valence-corrected chi connectivity index (χ0v) is 22.6. The summed E-state index contributed by atoms with van der Waals surface area (Å²) in [5.74, 6) is -0.446. The first-order valence-corrected chi connectivity index (χ1v) is 12.8. The van der Waals surface area contributed by atoms with Crippen LogP contribution in [0.4, 0.5) is 4.39 Å². The van der Waals surface area contributed by atoms with Gasteiger partial charge in [-0.05, 0) is 88.1 Å². The Labute approximate surface area is 214 Å². The Morgan fingerprint density at radius 1 is 1.03 bits per heavy atom. The summed E-state index contributed by atoms with van der Waals surface area (Å²) >= 11 is 5.06. The molecule has 3 rings (SSSR count). The van der Waals surface area contributed by atoms with Crippen LogP contribution in [0.3, 0.4) is 0 Å². The average molecular weight is 519 g/mol. The molecule has 1 heterocycles. The molecule has 0 fully saturated rings. The van der Waals surface area contributed by atoms with Crippen molar-refractivity contribution in [3.8, 4) is 22.3 Å². The highest BCUT2D eigenvalue weighted by molar-refractivity contribution is 7.90. The molecule has 2 N–H and O–H groups in total. The van der Waals surface area contributed by atoms with Crippen molar-refractivity contribution in [2.45, 2.75) is 57.9 Å². The molecule has 0 aliphatic heterocycles. The summed E-state index contributed by atoms with van der Waals surface area (Å²) in [7, 11) is 1.66. The summed E-state index contributed by atoms with van der Waals surface area (Å²) in [5, 5.41) is 11.0. The summed E-state index contributed by atoms with van der Waals surface area (Å²) in [6, 6.07) is 10.8. The number of benzene rings is 2. The highest BCUT2D eigenvalue weighted by atomic mass is 35.5. The Balaban J connectivity index is 2.32. The topological polar surface area (TPSA) is 77.3 Å². The Kier molecular flexibility index (Phi) is 7.89. The van der Waals surface area contributed by atoms with E-state index in [4.69, 9.17) is 11.6 Å². The third kappa shape index (κ3) is 6.16. The normalized spacial score (nSPS) is 14.1. The lowest BCUT2D eigenvalue weighted by Crippen LogP contribution is -2.41. The van der Waals surface area contributed by atoms with E-state index in [1.807, 2.05) is 39.8 Å². The van der Waals surface area contributed by atoms with Gasteiger partial charge in [-0.2, -0.15) is 0 Å². The fourth-order valence-corrected chi connectivity index (χ4v) is 4.79. The minimum Gasteiger partial charge on any atom is -0.598 e. The van der Waals surface area contributed by atoms with E-state index in [2.05, 4.69) is 4.72 Å². The molecule has 5 nitrogen and oxygen atoms in total. The molecule has 2 aromatic carbocycles. The fourth-order valence-electron chi connectivity index (χ4n) is 3.72. The van der Waals surface area contributed by atoms with Crippen molar-refractivity contribution in [3.05, 3.63) is 81.0 Å². The molecule has 0 saturated heterocycles. The molecule has 0 aliphatic carbocycles. The smallest absolute Gasteiger partial charge is 0.250 e. The third-order valence-corrected chi connectivity index (χ3v) is 7.80. The second kappa shape index (κ2) is 10.1. The maximum Gasteiger partial charge on any atom is 0.250 e. The average Bonchev–Trinajstić information content (AvgIpc) is 2.73. The van der Waals surface area contributed by atoms with E-state index < -0.39 is 33.6 Å². The van der Waals surface area contributed by atoms with E-state index in [0.717, 1.165) is 0 Å². The van der Waals surface area contributed by atoms with Crippen molar-refractivity contribution in [1.29, 1.82) is 0 Å². The molecule has 1 aromatic heterocycles. The number of rotatable bonds is 6. The van der Waals surface area contributed by atoms with Crippen molar-refractivity contribution < 1.29 is 14.0 Å². The van der Waals surface area contributed by atoms with Crippen LogP contribution in [0.2, 0.25) is 5.02 Å². The Bertz CT molecular complexity index is 1300. The molecular weight excluding hydrogens is 487 g/mol. The van der Waals surface area contributed by atoms with Gasteiger partial charge in [-0.15, -0.1) is 4.72 Å². The second-order valence-corrected chi connectivity index (χ2v) is 12.7. The minimum absolute atomic E-state index is 0.209. The SMILES string of the molecule is CC(N[S+]([O-])C(C)(C)C)c1cc(=O)n(C)cc1-c1cc(C(C)(C)O)ccc1-c1ccc(F)cc1Cl. The molecule has 2 unspecified atom stereocenters. The summed E-state index contributed by atoms with van der Waals surface area (Å²) in [6.07, 6.45) is 1.72. The van der Waals surface area contributed by atoms with Crippen LogP contribution in [0.5, 0.6) is 0 Å². The van der Waals surface area contributed by atoms with E-state index in [9.17, 15) is 18.8 Å². The van der Waals surface area contributed by atoms with Crippen LogP contribution in [0, 0.1) is 5.82 Å². The first-order valence-electron chi connectivity index (χ1n) is 11.3. The molecule has 0 spiro atoms. The highest BCUT2D eigenvalue weighted by Crippen LogP contribution is 2.40. The molecule has 0 aliphatic rings. The fraction of sp³-hybridized carbons (Fsp3) is 0.370. The Hall–Kier alpha value is -2.16. The summed E-state index contributed by atoms with van der Waals surface area (Å²) in [5.41, 5.74) is 2.72. The number of halogens is 2. The van der Waals surface area contributed by atoms with Gasteiger partial charge in [-0.3, -0.25) is 4.79 Å². The molecule has 8 heteroatoms. The van der Waals surface area contributed by atoms with Gasteiger partial charge in [0.1, 0.15) is 10.6 Å². The van der Waals surface area contributed by atoms with Gasteiger partial charge in [0.15, 0.2) is 0 Å². The van der Waals surface area contributed by atoms with E-state index >= 15 is 0 Å². The van der Waals surface area contributed by atoms with Gasteiger partial charge in [0.2, 0.25) is 0 Å². The van der Waals surface area contributed by atoms with Gasteiger partial charge in [0, 0.05) is 41.8 Å². The quantitative estimate of drug-likeness (QED) is 0.401.